The lowest BCUT2D eigenvalue weighted by Gasteiger charge is -2.16. The molecule has 0 saturated heterocycles. The van der Waals surface area contributed by atoms with Crippen molar-refractivity contribution in [3.05, 3.63) is 64.8 Å². The zero-order valence-corrected chi connectivity index (χ0v) is 19.0. The molecular formula is C21H17Cl2F3N6O2. The number of nitrogens with one attached hydrogen (secondary N) is 2. The second-order valence-corrected chi connectivity index (χ2v) is 8.94. The van der Waals surface area contributed by atoms with Gasteiger partial charge >= 0.3 is 6.18 Å². The first kappa shape index (κ1) is 24.0. The van der Waals surface area contributed by atoms with Gasteiger partial charge in [-0.3, -0.25) is 9.59 Å². The third kappa shape index (κ3) is 5.15. The molecule has 2 amide bonds. The van der Waals surface area contributed by atoms with Crippen LogP contribution < -0.4 is 10.6 Å². The van der Waals surface area contributed by atoms with Gasteiger partial charge in [0.25, 0.3) is 5.91 Å². The molecule has 13 heteroatoms. The van der Waals surface area contributed by atoms with Crippen molar-refractivity contribution in [3.63, 3.8) is 0 Å². The van der Waals surface area contributed by atoms with Gasteiger partial charge in [0.05, 0.1) is 23.5 Å². The summed E-state index contributed by atoms with van der Waals surface area (Å²) in [5, 5.41) is 9.17. The number of carbonyl (C=O) groups is 2. The smallest absolute Gasteiger partial charge is 0.342 e. The monoisotopic (exact) mass is 512 g/mol. The average Bonchev–Trinajstić information content (AvgIpc) is 3.34. The second kappa shape index (κ2) is 8.88. The summed E-state index contributed by atoms with van der Waals surface area (Å²) in [7, 11) is 0. The maximum atomic E-state index is 13.0. The van der Waals surface area contributed by atoms with Gasteiger partial charge in [-0.2, -0.15) is 23.0 Å². The van der Waals surface area contributed by atoms with E-state index in [1.807, 2.05) is 0 Å². The fourth-order valence-electron chi connectivity index (χ4n) is 3.12. The lowest BCUT2D eigenvalue weighted by atomic mass is 10.1. The highest BCUT2D eigenvalue weighted by atomic mass is 35.5. The topological polar surface area (TPSA) is 102 Å². The molecule has 2 aromatic heterocycles. The van der Waals surface area contributed by atoms with Crippen molar-refractivity contribution < 1.29 is 22.8 Å². The van der Waals surface area contributed by atoms with E-state index in [9.17, 15) is 22.8 Å². The van der Waals surface area contributed by atoms with E-state index in [1.54, 1.807) is 19.1 Å². The molecule has 0 radical (unpaired) electrons. The number of amides is 2. The molecule has 3 aromatic rings. The maximum Gasteiger partial charge on any atom is 0.416 e. The molecule has 1 fully saturated rings. The normalized spacial score (nSPS) is 15.5. The molecule has 2 N–H and O–H groups in total. The third-order valence-corrected chi connectivity index (χ3v) is 5.88. The van der Waals surface area contributed by atoms with Gasteiger partial charge in [0.2, 0.25) is 5.91 Å². The van der Waals surface area contributed by atoms with E-state index in [1.165, 1.54) is 17.2 Å². The first-order chi connectivity index (χ1) is 16.0. The van der Waals surface area contributed by atoms with E-state index in [0.29, 0.717) is 24.3 Å². The van der Waals surface area contributed by atoms with E-state index in [-0.39, 0.29) is 22.3 Å². The predicted molar refractivity (Wildman–Crippen MR) is 118 cm³/mol. The third-order valence-electron chi connectivity index (χ3n) is 5.11. The van der Waals surface area contributed by atoms with Gasteiger partial charge in [-0.1, -0.05) is 11.6 Å². The average molecular weight is 513 g/mol. The van der Waals surface area contributed by atoms with E-state index in [2.05, 4.69) is 25.7 Å². The molecule has 4 rings (SSSR count). The number of halogens is 5. The standard InChI is InChI=1S/C21H17Cl2F3N6O2/c1-11(30-18(33)12-6-13(21(24,25)26)8-14(22)7-12)17-28-10-29-32(17)16-3-2-15(9-27-16)31-19(34)20(23)4-5-20/h2-3,6-11H,4-5H2,1H3,(H,30,33)(H,31,34). The Morgan fingerprint density at radius 3 is 2.53 bits per heavy atom. The van der Waals surface area contributed by atoms with E-state index >= 15 is 0 Å². The number of alkyl halides is 4. The number of benzene rings is 1. The number of nitrogens with zero attached hydrogens (tertiary/aromatic N) is 4. The van der Waals surface area contributed by atoms with Gasteiger partial charge in [0.1, 0.15) is 11.2 Å². The molecule has 1 aliphatic carbocycles. The lowest BCUT2D eigenvalue weighted by Crippen LogP contribution is -2.29. The fourth-order valence-corrected chi connectivity index (χ4v) is 3.49. The summed E-state index contributed by atoms with van der Waals surface area (Å²) >= 11 is 11.9. The first-order valence-corrected chi connectivity index (χ1v) is 10.8. The molecule has 1 atom stereocenters. The first-order valence-electron chi connectivity index (χ1n) is 10.0. The number of aromatic nitrogens is 4. The largest absolute Gasteiger partial charge is 0.416 e. The Balaban J connectivity index is 1.48. The van der Waals surface area contributed by atoms with Crippen LogP contribution in [0.15, 0.2) is 42.9 Å². The van der Waals surface area contributed by atoms with Gasteiger partial charge in [-0.15, -0.1) is 11.6 Å². The van der Waals surface area contributed by atoms with Crippen LogP contribution in [0.3, 0.4) is 0 Å². The van der Waals surface area contributed by atoms with Crippen LogP contribution in [0.4, 0.5) is 18.9 Å². The van der Waals surface area contributed by atoms with Crippen molar-refractivity contribution in [2.75, 3.05) is 5.32 Å². The quantitative estimate of drug-likeness (QED) is 0.472. The van der Waals surface area contributed by atoms with Gasteiger partial charge < -0.3 is 10.6 Å². The highest BCUT2D eigenvalue weighted by Gasteiger charge is 2.48. The van der Waals surface area contributed by atoms with Crippen molar-refractivity contribution in [2.45, 2.75) is 36.9 Å². The maximum absolute atomic E-state index is 13.0. The van der Waals surface area contributed by atoms with Crippen LogP contribution in [0.2, 0.25) is 5.02 Å². The summed E-state index contributed by atoms with van der Waals surface area (Å²) in [5.74, 6) is -0.429. The summed E-state index contributed by atoms with van der Waals surface area (Å²) in [6, 6.07) is 5.07. The van der Waals surface area contributed by atoms with Crippen molar-refractivity contribution >= 4 is 40.7 Å². The number of anilines is 1. The fraction of sp³-hybridized carbons (Fsp3) is 0.286. The molecule has 1 saturated carbocycles. The van der Waals surface area contributed by atoms with Crippen molar-refractivity contribution in [1.82, 2.24) is 25.1 Å². The van der Waals surface area contributed by atoms with Crippen LogP contribution in [0.25, 0.3) is 5.82 Å². The summed E-state index contributed by atoms with van der Waals surface area (Å²) in [6.07, 6.45) is -0.739. The molecule has 1 unspecified atom stereocenters. The minimum Gasteiger partial charge on any atom is -0.342 e. The Labute approximate surface area is 201 Å². The van der Waals surface area contributed by atoms with Crippen LogP contribution in [-0.4, -0.2) is 36.4 Å². The van der Waals surface area contributed by atoms with Crippen molar-refractivity contribution in [2.24, 2.45) is 0 Å². The second-order valence-electron chi connectivity index (χ2n) is 7.78. The zero-order chi connectivity index (χ0) is 24.7. The van der Waals surface area contributed by atoms with Gasteiger partial charge in [0, 0.05) is 10.6 Å². The van der Waals surface area contributed by atoms with Crippen molar-refractivity contribution in [1.29, 1.82) is 0 Å². The molecule has 1 aliphatic rings. The Morgan fingerprint density at radius 1 is 1.18 bits per heavy atom. The zero-order valence-electron chi connectivity index (χ0n) is 17.5. The molecule has 178 valence electrons. The van der Waals surface area contributed by atoms with Crippen molar-refractivity contribution in [3.8, 4) is 5.82 Å². The SMILES string of the molecule is CC(NC(=O)c1cc(Cl)cc(C(F)(F)F)c1)c1ncnn1-c1ccc(NC(=O)C2(Cl)CC2)cn1. The molecular weight excluding hydrogens is 496 g/mol. The number of hydrogen-bond acceptors (Lipinski definition) is 5. The summed E-state index contributed by atoms with van der Waals surface area (Å²) in [6.45, 7) is 1.60. The molecule has 8 nitrogen and oxygen atoms in total. The predicted octanol–water partition coefficient (Wildman–Crippen LogP) is 4.54. The van der Waals surface area contributed by atoms with Gasteiger partial charge in [-0.05, 0) is 50.1 Å². The molecule has 0 bridgehead atoms. The number of hydrogen-bond donors (Lipinski definition) is 2. The molecule has 34 heavy (non-hydrogen) atoms. The Hall–Kier alpha value is -3.18. The van der Waals surface area contributed by atoms with Crippen LogP contribution in [0.5, 0.6) is 0 Å². The molecule has 2 heterocycles. The minimum atomic E-state index is -4.65. The summed E-state index contributed by atoms with van der Waals surface area (Å²) < 4.78 is 40.5. The lowest BCUT2D eigenvalue weighted by molar-refractivity contribution is -0.137. The van der Waals surface area contributed by atoms with Crippen LogP contribution >= 0.6 is 23.2 Å². The highest BCUT2D eigenvalue weighted by Crippen LogP contribution is 2.43. The highest BCUT2D eigenvalue weighted by molar-refractivity contribution is 6.38. The van der Waals surface area contributed by atoms with Crippen LogP contribution in [0, 0.1) is 0 Å². The Bertz CT molecular complexity index is 1240. The number of carbonyl (C=O) groups excluding carboxylic acids is 2. The van der Waals surface area contributed by atoms with Crippen LogP contribution in [-0.2, 0) is 11.0 Å². The van der Waals surface area contributed by atoms with Gasteiger partial charge in [0.15, 0.2) is 11.6 Å². The molecule has 0 spiro atoms. The number of pyridine rings is 1. The summed E-state index contributed by atoms with van der Waals surface area (Å²) in [4.78, 5) is 32.2. The van der Waals surface area contributed by atoms with E-state index in [4.69, 9.17) is 23.2 Å². The van der Waals surface area contributed by atoms with E-state index in [0.717, 1.165) is 18.2 Å². The molecule has 1 aromatic carbocycles. The number of rotatable bonds is 6. The molecule has 0 aliphatic heterocycles. The van der Waals surface area contributed by atoms with E-state index < -0.39 is 28.6 Å². The Morgan fingerprint density at radius 2 is 1.91 bits per heavy atom. The summed E-state index contributed by atoms with van der Waals surface area (Å²) in [5.41, 5.74) is -0.826. The minimum absolute atomic E-state index is 0.214. The Kier molecular flexibility index (Phi) is 6.26. The van der Waals surface area contributed by atoms with Crippen LogP contribution in [0.1, 0.15) is 47.6 Å². The van der Waals surface area contributed by atoms with Gasteiger partial charge in [-0.25, -0.2) is 9.97 Å².